The first-order valence-electron chi connectivity index (χ1n) is 7.33. The summed E-state index contributed by atoms with van der Waals surface area (Å²) in [4.78, 5) is 0.360. The van der Waals surface area contributed by atoms with Crippen molar-refractivity contribution in [2.45, 2.75) is 38.1 Å². The Morgan fingerprint density at radius 3 is 2.41 bits per heavy atom. The van der Waals surface area contributed by atoms with Gasteiger partial charge in [-0.15, -0.1) is 0 Å². The molecule has 0 spiro atoms. The van der Waals surface area contributed by atoms with E-state index in [0.29, 0.717) is 31.2 Å². The van der Waals surface area contributed by atoms with Crippen molar-refractivity contribution in [2.24, 2.45) is 0 Å². The minimum absolute atomic E-state index is 0.360. The van der Waals surface area contributed by atoms with Gasteiger partial charge in [0.25, 0.3) is 0 Å². The second-order valence-electron chi connectivity index (χ2n) is 5.92. The molecule has 0 radical (unpaired) electrons. The molecule has 2 heterocycles. The van der Waals surface area contributed by atoms with E-state index in [2.05, 4.69) is 6.07 Å². The monoisotopic (exact) mass is 315 g/mol. The summed E-state index contributed by atoms with van der Waals surface area (Å²) in [5, 5.41) is 0. The number of rotatable bonds is 2. The number of ether oxygens (including phenoxy) is 1. The van der Waals surface area contributed by atoms with Crippen molar-refractivity contribution in [2.75, 3.05) is 0 Å². The molecule has 0 aliphatic carbocycles. The lowest BCUT2D eigenvalue weighted by molar-refractivity contribution is 0.134. The number of sulfonamides is 1. The van der Waals surface area contributed by atoms with Crippen LogP contribution in [0.25, 0.3) is 0 Å². The summed E-state index contributed by atoms with van der Waals surface area (Å²) in [6.07, 6.45) is 0. The summed E-state index contributed by atoms with van der Waals surface area (Å²) in [6.45, 7) is 4.06. The molecule has 0 bridgehead atoms. The molecule has 2 aromatic rings. The van der Waals surface area contributed by atoms with Gasteiger partial charge in [0.15, 0.2) is 0 Å². The van der Waals surface area contributed by atoms with Crippen LogP contribution in [0.15, 0.2) is 41.3 Å². The predicted octanol–water partition coefficient (Wildman–Crippen LogP) is 2.73. The van der Waals surface area contributed by atoms with Crippen LogP contribution >= 0.6 is 0 Å². The third-order valence-electron chi connectivity index (χ3n) is 4.47. The lowest BCUT2D eigenvalue weighted by Gasteiger charge is -2.15. The Morgan fingerprint density at radius 2 is 1.64 bits per heavy atom. The second-order valence-corrected chi connectivity index (χ2v) is 7.86. The van der Waals surface area contributed by atoms with Crippen molar-refractivity contribution >= 4 is 10.0 Å². The molecule has 2 aliphatic rings. The minimum atomic E-state index is -3.45. The fourth-order valence-electron chi connectivity index (χ4n) is 3.16. The molecule has 0 fully saturated rings. The van der Waals surface area contributed by atoms with E-state index in [0.717, 1.165) is 16.7 Å². The number of nitrogens with zero attached hydrogens (tertiary/aromatic N) is 1. The highest BCUT2D eigenvalue weighted by Gasteiger charge is 2.33. The number of aryl methyl sites for hydroxylation is 1. The quantitative estimate of drug-likeness (QED) is 0.856. The third kappa shape index (κ3) is 2.08. The van der Waals surface area contributed by atoms with Gasteiger partial charge < -0.3 is 4.74 Å². The Bertz CT molecular complexity index is 841. The van der Waals surface area contributed by atoms with Crippen LogP contribution < -0.4 is 0 Å². The van der Waals surface area contributed by atoms with Crippen LogP contribution in [0.2, 0.25) is 0 Å². The number of fused-ring (bicyclic) bond motifs is 3. The van der Waals surface area contributed by atoms with Crippen molar-refractivity contribution in [1.29, 1.82) is 0 Å². The summed E-state index contributed by atoms with van der Waals surface area (Å²) in [7, 11) is -3.45. The van der Waals surface area contributed by atoms with Gasteiger partial charge in [0, 0.05) is 13.1 Å². The van der Waals surface area contributed by atoms with Crippen molar-refractivity contribution < 1.29 is 13.2 Å². The van der Waals surface area contributed by atoms with Crippen LogP contribution in [0.3, 0.4) is 0 Å². The molecule has 0 amide bonds. The van der Waals surface area contributed by atoms with Crippen molar-refractivity contribution in [3.63, 3.8) is 0 Å². The highest BCUT2D eigenvalue weighted by molar-refractivity contribution is 7.89. The second kappa shape index (κ2) is 4.91. The van der Waals surface area contributed by atoms with E-state index in [-0.39, 0.29) is 0 Å². The third-order valence-corrected chi connectivity index (χ3v) is 6.28. The fourth-order valence-corrected chi connectivity index (χ4v) is 4.55. The lowest BCUT2D eigenvalue weighted by atomic mass is 10.0. The average molecular weight is 315 g/mol. The van der Waals surface area contributed by atoms with Gasteiger partial charge in [0.2, 0.25) is 10.0 Å². The molecule has 0 atom stereocenters. The van der Waals surface area contributed by atoms with Gasteiger partial charge in [-0.1, -0.05) is 29.8 Å². The van der Waals surface area contributed by atoms with E-state index in [1.54, 1.807) is 16.4 Å². The van der Waals surface area contributed by atoms with Crippen LogP contribution in [-0.2, 0) is 41.1 Å². The van der Waals surface area contributed by atoms with E-state index in [4.69, 9.17) is 4.74 Å². The van der Waals surface area contributed by atoms with Crippen LogP contribution in [0.1, 0.15) is 27.8 Å². The first-order valence-corrected chi connectivity index (χ1v) is 8.77. The van der Waals surface area contributed by atoms with Gasteiger partial charge in [-0.25, -0.2) is 8.42 Å². The Hall–Kier alpha value is -1.69. The van der Waals surface area contributed by atoms with Gasteiger partial charge in [-0.3, -0.25) is 0 Å². The summed E-state index contributed by atoms with van der Waals surface area (Å²) < 4.78 is 32.7. The van der Waals surface area contributed by atoms with E-state index < -0.39 is 10.0 Å². The van der Waals surface area contributed by atoms with Gasteiger partial charge in [0.05, 0.1) is 18.1 Å². The number of hydrogen-bond acceptors (Lipinski definition) is 3. The smallest absolute Gasteiger partial charge is 0.243 e. The van der Waals surface area contributed by atoms with Crippen LogP contribution in [0, 0.1) is 6.92 Å². The summed E-state index contributed by atoms with van der Waals surface area (Å²) in [5.41, 5.74) is 5.65. The largest absolute Gasteiger partial charge is 0.372 e. The summed E-state index contributed by atoms with van der Waals surface area (Å²) >= 11 is 0. The highest BCUT2D eigenvalue weighted by Crippen LogP contribution is 2.35. The zero-order chi connectivity index (χ0) is 15.3. The predicted molar refractivity (Wildman–Crippen MR) is 82.5 cm³/mol. The zero-order valence-corrected chi connectivity index (χ0v) is 13.2. The van der Waals surface area contributed by atoms with Gasteiger partial charge >= 0.3 is 0 Å². The molecule has 4 nitrogen and oxygen atoms in total. The highest BCUT2D eigenvalue weighted by atomic mass is 32.2. The van der Waals surface area contributed by atoms with Gasteiger partial charge in [-0.05, 0) is 41.3 Å². The van der Waals surface area contributed by atoms with E-state index in [9.17, 15) is 8.42 Å². The molecule has 0 aromatic heterocycles. The molecular weight excluding hydrogens is 298 g/mol. The molecule has 4 rings (SSSR count). The van der Waals surface area contributed by atoms with Crippen LogP contribution in [0.4, 0.5) is 0 Å². The SMILES string of the molecule is Cc1ccc(S(=O)(=O)N2Cc3ccc4c(c3C2)COC4)cc1. The summed E-state index contributed by atoms with van der Waals surface area (Å²) in [5.74, 6) is 0. The molecule has 0 saturated carbocycles. The van der Waals surface area contributed by atoms with Crippen LogP contribution in [0.5, 0.6) is 0 Å². The molecule has 0 unspecified atom stereocenters. The fraction of sp³-hybridized carbons (Fsp3) is 0.294. The van der Waals surface area contributed by atoms with Crippen molar-refractivity contribution in [3.8, 4) is 0 Å². The maximum absolute atomic E-state index is 12.8. The average Bonchev–Trinajstić information content (AvgIpc) is 3.13. The lowest BCUT2D eigenvalue weighted by Crippen LogP contribution is -2.25. The van der Waals surface area contributed by atoms with E-state index in [1.807, 2.05) is 25.1 Å². The Labute approximate surface area is 130 Å². The zero-order valence-electron chi connectivity index (χ0n) is 12.4. The Kier molecular flexibility index (Phi) is 3.11. The first-order chi connectivity index (χ1) is 10.6. The summed E-state index contributed by atoms with van der Waals surface area (Å²) in [6, 6.07) is 11.1. The molecular formula is C17H17NO3S. The maximum atomic E-state index is 12.8. The molecule has 2 aromatic carbocycles. The van der Waals surface area contributed by atoms with E-state index in [1.165, 1.54) is 11.1 Å². The molecule has 5 heteroatoms. The normalized spacial score (nSPS) is 17.5. The molecule has 2 aliphatic heterocycles. The minimum Gasteiger partial charge on any atom is -0.372 e. The standard InChI is InChI=1S/C17H17NO3S/c1-12-2-6-15(7-3-12)22(19,20)18-8-13-4-5-14-10-21-11-17(14)16(13)9-18/h2-7H,8-11H2,1H3. The van der Waals surface area contributed by atoms with Crippen molar-refractivity contribution in [1.82, 2.24) is 4.31 Å². The molecule has 0 N–H and O–H groups in total. The topological polar surface area (TPSA) is 46.6 Å². The number of benzene rings is 2. The van der Waals surface area contributed by atoms with Gasteiger partial charge in [0.1, 0.15) is 0 Å². The van der Waals surface area contributed by atoms with Crippen LogP contribution in [-0.4, -0.2) is 12.7 Å². The Morgan fingerprint density at radius 1 is 0.909 bits per heavy atom. The van der Waals surface area contributed by atoms with Crippen molar-refractivity contribution in [3.05, 3.63) is 64.2 Å². The van der Waals surface area contributed by atoms with Gasteiger partial charge in [-0.2, -0.15) is 4.31 Å². The number of hydrogen-bond donors (Lipinski definition) is 0. The van der Waals surface area contributed by atoms with E-state index >= 15 is 0 Å². The maximum Gasteiger partial charge on any atom is 0.243 e. The molecule has 114 valence electrons. The Balaban J connectivity index is 1.70. The molecule has 22 heavy (non-hydrogen) atoms. The molecule has 0 saturated heterocycles. The first kappa shape index (κ1) is 13.9.